The van der Waals surface area contributed by atoms with Crippen LogP contribution in [0.4, 0.5) is 0 Å². The molecular weight excluding hydrogens is 246 g/mol. The highest BCUT2D eigenvalue weighted by Crippen LogP contribution is 2.22. The van der Waals surface area contributed by atoms with E-state index in [1.165, 1.54) is 0 Å². The molecule has 0 aliphatic heterocycles. The van der Waals surface area contributed by atoms with Crippen LogP contribution in [0.15, 0.2) is 17.0 Å². The van der Waals surface area contributed by atoms with Crippen molar-refractivity contribution in [2.75, 3.05) is 0 Å². The molecule has 1 aromatic carbocycles. The average Bonchev–Trinajstić information content (AvgIpc) is 2.13. The number of aryl methyl sites for hydroxylation is 3. The molecule has 0 amide bonds. The van der Waals surface area contributed by atoms with Gasteiger partial charge < -0.3 is 0 Å². The molecular formula is C14H23NO2S. The molecule has 0 fully saturated rings. The topological polar surface area (TPSA) is 46.2 Å². The third kappa shape index (κ3) is 3.56. The van der Waals surface area contributed by atoms with E-state index in [1.807, 2.05) is 46.8 Å². The maximum Gasteiger partial charge on any atom is 0.241 e. The lowest BCUT2D eigenvalue weighted by atomic mass is 10.1. The molecule has 18 heavy (non-hydrogen) atoms. The zero-order valence-corrected chi connectivity index (χ0v) is 12.7. The molecule has 0 aliphatic carbocycles. The summed E-state index contributed by atoms with van der Waals surface area (Å²) in [6.45, 7) is 9.62. The first-order valence-corrected chi connectivity index (χ1v) is 7.86. The van der Waals surface area contributed by atoms with Crippen LogP contribution in [-0.2, 0) is 10.0 Å². The monoisotopic (exact) mass is 269 g/mol. The van der Waals surface area contributed by atoms with Gasteiger partial charge in [-0.1, -0.05) is 31.0 Å². The highest BCUT2D eigenvalue weighted by Gasteiger charge is 2.21. The first-order chi connectivity index (χ1) is 8.27. The summed E-state index contributed by atoms with van der Waals surface area (Å²) >= 11 is 0. The lowest BCUT2D eigenvalue weighted by Gasteiger charge is -2.17. The third-order valence-corrected chi connectivity index (χ3v) is 4.85. The Balaban J connectivity index is 3.13. The number of nitrogens with one attached hydrogen (secondary N) is 1. The summed E-state index contributed by atoms with van der Waals surface area (Å²) in [6, 6.07) is 3.79. The van der Waals surface area contributed by atoms with Crippen molar-refractivity contribution in [2.45, 2.75) is 58.4 Å². The van der Waals surface area contributed by atoms with Gasteiger partial charge >= 0.3 is 0 Å². The van der Waals surface area contributed by atoms with Crippen LogP contribution < -0.4 is 4.72 Å². The molecule has 0 spiro atoms. The van der Waals surface area contributed by atoms with Crippen LogP contribution >= 0.6 is 0 Å². The fourth-order valence-corrected chi connectivity index (χ4v) is 4.14. The fraction of sp³-hybridized carbons (Fsp3) is 0.571. The minimum atomic E-state index is -3.41. The van der Waals surface area contributed by atoms with Gasteiger partial charge in [-0.05, 0) is 45.2 Å². The molecule has 4 heteroatoms. The maximum atomic E-state index is 12.4. The third-order valence-electron chi connectivity index (χ3n) is 2.95. The zero-order valence-electron chi connectivity index (χ0n) is 11.9. The second-order valence-electron chi connectivity index (χ2n) is 5.04. The normalized spacial score (nSPS) is 13.6. The molecule has 0 saturated carbocycles. The lowest BCUT2D eigenvalue weighted by molar-refractivity contribution is 0.543. The van der Waals surface area contributed by atoms with Gasteiger partial charge in [-0.25, -0.2) is 13.1 Å². The Morgan fingerprint density at radius 2 is 1.67 bits per heavy atom. The summed E-state index contributed by atoms with van der Waals surface area (Å²) in [7, 11) is -3.41. The van der Waals surface area contributed by atoms with Crippen molar-refractivity contribution in [1.29, 1.82) is 0 Å². The number of benzene rings is 1. The van der Waals surface area contributed by atoms with Crippen molar-refractivity contribution in [3.05, 3.63) is 28.8 Å². The van der Waals surface area contributed by atoms with E-state index in [0.717, 1.165) is 29.5 Å². The second-order valence-corrected chi connectivity index (χ2v) is 6.69. The van der Waals surface area contributed by atoms with Crippen LogP contribution in [-0.4, -0.2) is 14.5 Å². The molecule has 0 heterocycles. The Hall–Kier alpha value is -0.870. The average molecular weight is 269 g/mol. The Labute approximate surface area is 111 Å². The standard InChI is InChI=1S/C14H23NO2S/c1-6-7-13(5)15-18(16,17)14-11(3)8-10(2)9-12(14)4/h8-9,13,15H,6-7H2,1-5H3. The van der Waals surface area contributed by atoms with Crippen LogP contribution in [0.5, 0.6) is 0 Å². The Morgan fingerprint density at radius 3 is 2.11 bits per heavy atom. The molecule has 1 N–H and O–H groups in total. The lowest BCUT2D eigenvalue weighted by Crippen LogP contribution is -2.33. The SMILES string of the molecule is CCCC(C)NS(=O)(=O)c1c(C)cc(C)cc1C. The van der Waals surface area contributed by atoms with Crippen LogP contribution in [0.2, 0.25) is 0 Å². The van der Waals surface area contributed by atoms with Crippen molar-refractivity contribution in [3.8, 4) is 0 Å². The smallest absolute Gasteiger partial charge is 0.208 e. The molecule has 3 nitrogen and oxygen atoms in total. The van der Waals surface area contributed by atoms with E-state index in [9.17, 15) is 8.42 Å². The first kappa shape index (κ1) is 15.2. The van der Waals surface area contributed by atoms with Gasteiger partial charge in [-0.2, -0.15) is 0 Å². The van der Waals surface area contributed by atoms with E-state index < -0.39 is 10.0 Å². The highest BCUT2D eigenvalue weighted by molar-refractivity contribution is 7.89. The Morgan fingerprint density at radius 1 is 1.17 bits per heavy atom. The van der Waals surface area contributed by atoms with Gasteiger partial charge in [0, 0.05) is 6.04 Å². The zero-order chi connectivity index (χ0) is 13.9. The molecule has 1 unspecified atom stereocenters. The summed E-state index contributed by atoms with van der Waals surface area (Å²) in [4.78, 5) is 0.427. The second kappa shape index (κ2) is 5.85. The maximum absolute atomic E-state index is 12.4. The van der Waals surface area contributed by atoms with E-state index >= 15 is 0 Å². The van der Waals surface area contributed by atoms with E-state index in [4.69, 9.17) is 0 Å². The van der Waals surface area contributed by atoms with Crippen molar-refractivity contribution in [2.24, 2.45) is 0 Å². The molecule has 1 atom stereocenters. The summed E-state index contributed by atoms with van der Waals surface area (Å²) < 4.78 is 27.5. The van der Waals surface area contributed by atoms with Crippen molar-refractivity contribution < 1.29 is 8.42 Å². The largest absolute Gasteiger partial charge is 0.241 e. The van der Waals surface area contributed by atoms with Crippen molar-refractivity contribution in [1.82, 2.24) is 4.72 Å². The van der Waals surface area contributed by atoms with E-state index in [-0.39, 0.29) is 6.04 Å². The van der Waals surface area contributed by atoms with E-state index in [1.54, 1.807) is 0 Å². The van der Waals surface area contributed by atoms with Crippen LogP contribution in [0.3, 0.4) is 0 Å². The summed E-state index contributed by atoms with van der Waals surface area (Å²) in [5.41, 5.74) is 2.71. The van der Waals surface area contributed by atoms with Gasteiger partial charge in [0.1, 0.15) is 0 Å². The first-order valence-electron chi connectivity index (χ1n) is 6.38. The van der Waals surface area contributed by atoms with Gasteiger partial charge in [-0.15, -0.1) is 0 Å². The van der Waals surface area contributed by atoms with Gasteiger partial charge in [0.15, 0.2) is 0 Å². The van der Waals surface area contributed by atoms with E-state index in [0.29, 0.717) is 4.90 Å². The number of sulfonamides is 1. The van der Waals surface area contributed by atoms with Crippen LogP contribution in [0, 0.1) is 20.8 Å². The molecule has 0 radical (unpaired) electrons. The van der Waals surface area contributed by atoms with Crippen molar-refractivity contribution >= 4 is 10.0 Å². The number of hydrogen-bond donors (Lipinski definition) is 1. The minimum Gasteiger partial charge on any atom is -0.208 e. The number of rotatable bonds is 5. The van der Waals surface area contributed by atoms with E-state index in [2.05, 4.69) is 4.72 Å². The predicted octanol–water partition coefficient (Wildman–Crippen LogP) is 3.08. The summed E-state index contributed by atoms with van der Waals surface area (Å²) in [5.74, 6) is 0. The van der Waals surface area contributed by atoms with Gasteiger partial charge in [-0.3, -0.25) is 0 Å². The number of hydrogen-bond acceptors (Lipinski definition) is 2. The minimum absolute atomic E-state index is 0.0277. The molecule has 0 bridgehead atoms. The predicted molar refractivity (Wildman–Crippen MR) is 75.3 cm³/mol. The Bertz CT molecular complexity index is 498. The van der Waals surface area contributed by atoms with Gasteiger partial charge in [0.05, 0.1) is 4.90 Å². The molecule has 0 aliphatic rings. The van der Waals surface area contributed by atoms with Crippen LogP contribution in [0.25, 0.3) is 0 Å². The molecule has 1 rings (SSSR count). The molecule has 0 saturated heterocycles. The van der Waals surface area contributed by atoms with Crippen LogP contribution in [0.1, 0.15) is 43.4 Å². The van der Waals surface area contributed by atoms with Gasteiger partial charge in [0.2, 0.25) is 10.0 Å². The van der Waals surface area contributed by atoms with Gasteiger partial charge in [0.25, 0.3) is 0 Å². The Kier molecular flexibility index (Phi) is 4.93. The molecule has 0 aromatic heterocycles. The van der Waals surface area contributed by atoms with Crippen molar-refractivity contribution in [3.63, 3.8) is 0 Å². The highest BCUT2D eigenvalue weighted by atomic mass is 32.2. The molecule has 1 aromatic rings. The molecule has 102 valence electrons. The fourth-order valence-electron chi connectivity index (χ4n) is 2.41. The quantitative estimate of drug-likeness (QED) is 0.893. The summed E-state index contributed by atoms with van der Waals surface area (Å²) in [5, 5.41) is 0. The summed E-state index contributed by atoms with van der Waals surface area (Å²) in [6.07, 6.45) is 1.82.